The Hall–Kier alpha value is -1.55. The predicted octanol–water partition coefficient (Wildman–Crippen LogP) is 1.83. The smallest absolute Gasteiger partial charge is 0.239 e. The van der Waals surface area contributed by atoms with E-state index in [-0.39, 0.29) is 11.8 Å². The molecule has 1 N–H and O–H groups in total. The Balaban J connectivity index is 2.14. The lowest BCUT2D eigenvalue weighted by atomic mass is 10.1. The predicted molar refractivity (Wildman–Crippen MR) is 70.6 cm³/mol. The van der Waals surface area contributed by atoms with Gasteiger partial charge in [-0.1, -0.05) is 17.7 Å². The van der Waals surface area contributed by atoms with Crippen LogP contribution in [0, 0.1) is 5.92 Å². The second-order valence-electron chi connectivity index (χ2n) is 4.21. The molecular weight excluding hydrogens is 252 g/mol. The molecule has 1 aliphatic rings. The van der Waals surface area contributed by atoms with E-state index < -0.39 is 5.92 Å². The Kier molecular flexibility index (Phi) is 3.87. The van der Waals surface area contributed by atoms with Crippen LogP contribution in [0.4, 0.5) is 5.69 Å². The summed E-state index contributed by atoms with van der Waals surface area (Å²) in [5.41, 5.74) is 0.749. The summed E-state index contributed by atoms with van der Waals surface area (Å²) in [5.74, 6) is -0.904. The zero-order valence-corrected chi connectivity index (χ0v) is 10.9. The van der Waals surface area contributed by atoms with E-state index in [1.165, 1.54) is 0 Å². The molecule has 2 rings (SSSR count). The van der Waals surface area contributed by atoms with Gasteiger partial charge in [0.1, 0.15) is 5.92 Å². The molecule has 5 heteroatoms. The third kappa shape index (κ3) is 2.48. The SMILES string of the molecule is CCNC(=O)C1CCN(c2cccc(Cl)c2)C1=O. The highest BCUT2D eigenvalue weighted by molar-refractivity contribution is 6.31. The molecule has 4 nitrogen and oxygen atoms in total. The number of anilines is 1. The van der Waals surface area contributed by atoms with Crippen LogP contribution in [0.5, 0.6) is 0 Å². The molecule has 1 aliphatic heterocycles. The van der Waals surface area contributed by atoms with Gasteiger partial charge in [-0.15, -0.1) is 0 Å². The maximum atomic E-state index is 12.2. The summed E-state index contributed by atoms with van der Waals surface area (Å²) >= 11 is 5.90. The second kappa shape index (κ2) is 5.40. The largest absolute Gasteiger partial charge is 0.356 e. The minimum Gasteiger partial charge on any atom is -0.356 e. The van der Waals surface area contributed by atoms with Crippen LogP contribution in [0.2, 0.25) is 5.02 Å². The van der Waals surface area contributed by atoms with E-state index in [0.717, 1.165) is 5.69 Å². The highest BCUT2D eigenvalue weighted by Crippen LogP contribution is 2.27. The van der Waals surface area contributed by atoms with Gasteiger partial charge in [0.15, 0.2) is 0 Å². The summed E-state index contributed by atoms with van der Waals surface area (Å²) in [6, 6.07) is 7.11. The minimum absolute atomic E-state index is 0.150. The maximum absolute atomic E-state index is 12.2. The molecule has 0 radical (unpaired) electrons. The first-order chi connectivity index (χ1) is 8.63. The fourth-order valence-corrected chi connectivity index (χ4v) is 2.31. The fraction of sp³-hybridized carbons (Fsp3) is 0.385. The zero-order chi connectivity index (χ0) is 13.1. The van der Waals surface area contributed by atoms with Gasteiger partial charge < -0.3 is 10.2 Å². The maximum Gasteiger partial charge on any atom is 0.239 e. The molecular formula is C13H15ClN2O2. The number of hydrogen-bond donors (Lipinski definition) is 1. The lowest BCUT2D eigenvalue weighted by molar-refractivity contribution is -0.132. The molecule has 1 aromatic rings. The lowest BCUT2D eigenvalue weighted by Crippen LogP contribution is -2.36. The van der Waals surface area contributed by atoms with Crippen LogP contribution in [0.1, 0.15) is 13.3 Å². The highest BCUT2D eigenvalue weighted by atomic mass is 35.5. The monoisotopic (exact) mass is 266 g/mol. The van der Waals surface area contributed by atoms with E-state index in [1.807, 2.05) is 13.0 Å². The Morgan fingerprint density at radius 3 is 3.00 bits per heavy atom. The molecule has 1 fully saturated rings. The molecule has 0 aliphatic carbocycles. The third-order valence-corrected chi connectivity index (χ3v) is 3.23. The minimum atomic E-state index is -0.566. The molecule has 1 heterocycles. The summed E-state index contributed by atoms with van der Waals surface area (Å²) < 4.78 is 0. The molecule has 18 heavy (non-hydrogen) atoms. The third-order valence-electron chi connectivity index (χ3n) is 2.99. The number of rotatable bonds is 3. The Labute approximate surface area is 111 Å². The van der Waals surface area contributed by atoms with E-state index >= 15 is 0 Å². The number of nitrogens with zero attached hydrogens (tertiary/aromatic N) is 1. The van der Waals surface area contributed by atoms with Crippen molar-refractivity contribution in [3.63, 3.8) is 0 Å². The van der Waals surface area contributed by atoms with Crippen molar-refractivity contribution < 1.29 is 9.59 Å². The molecule has 0 aromatic heterocycles. The molecule has 0 bridgehead atoms. The number of nitrogens with one attached hydrogen (secondary N) is 1. The number of halogens is 1. The zero-order valence-electron chi connectivity index (χ0n) is 10.1. The van der Waals surface area contributed by atoms with Gasteiger partial charge in [-0.25, -0.2) is 0 Å². The standard InChI is InChI=1S/C13H15ClN2O2/c1-2-15-12(17)11-6-7-16(13(11)18)10-5-3-4-9(14)8-10/h3-5,8,11H,2,6-7H2,1H3,(H,15,17). The first-order valence-corrected chi connectivity index (χ1v) is 6.36. The van der Waals surface area contributed by atoms with E-state index in [9.17, 15) is 9.59 Å². The number of carbonyl (C=O) groups is 2. The van der Waals surface area contributed by atoms with Gasteiger partial charge >= 0.3 is 0 Å². The molecule has 2 amide bonds. The molecule has 1 aromatic carbocycles. The highest BCUT2D eigenvalue weighted by Gasteiger charge is 2.37. The lowest BCUT2D eigenvalue weighted by Gasteiger charge is -2.16. The van der Waals surface area contributed by atoms with Crippen molar-refractivity contribution in [1.29, 1.82) is 0 Å². The van der Waals surface area contributed by atoms with Crippen molar-refractivity contribution in [2.45, 2.75) is 13.3 Å². The van der Waals surface area contributed by atoms with Gasteiger partial charge in [-0.05, 0) is 31.5 Å². The van der Waals surface area contributed by atoms with Crippen LogP contribution in [0.3, 0.4) is 0 Å². The van der Waals surface area contributed by atoms with E-state index in [2.05, 4.69) is 5.32 Å². The van der Waals surface area contributed by atoms with Crippen molar-refractivity contribution in [1.82, 2.24) is 5.32 Å². The molecule has 1 atom stereocenters. The normalized spacial score (nSPS) is 19.1. The quantitative estimate of drug-likeness (QED) is 0.849. The number of carbonyl (C=O) groups excluding carboxylic acids is 2. The summed E-state index contributed by atoms with van der Waals surface area (Å²) in [7, 11) is 0. The number of hydrogen-bond acceptors (Lipinski definition) is 2. The molecule has 96 valence electrons. The Bertz CT molecular complexity index is 476. The van der Waals surface area contributed by atoms with Crippen molar-refractivity contribution in [2.24, 2.45) is 5.92 Å². The molecule has 0 saturated carbocycles. The summed E-state index contributed by atoms with van der Waals surface area (Å²) in [6.45, 7) is 2.94. The van der Waals surface area contributed by atoms with Gasteiger partial charge in [-0.2, -0.15) is 0 Å². The van der Waals surface area contributed by atoms with Crippen molar-refractivity contribution in [2.75, 3.05) is 18.0 Å². The first kappa shape index (κ1) is 12.9. The molecule has 1 saturated heterocycles. The van der Waals surface area contributed by atoms with Crippen LogP contribution in [-0.4, -0.2) is 24.9 Å². The fourth-order valence-electron chi connectivity index (χ4n) is 2.12. The van der Waals surface area contributed by atoms with E-state index in [1.54, 1.807) is 23.1 Å². The van der Waals surface area contributed by atoms with Gasteiger partial charge in [0.25, 0.3) is 0 Å². The van der Waals surface area contributed by atoms with Crippen LogP contribution < -0.4 is 10.2 Å². The van der Waals surface area contributed by atoms with Gasteiger partial charge in [-0.3, -0.25) is 9.59 Å². The second-order valence-corrected chi connectivity index (χ2v) is 4.64. The van der Waals surface area contributed by atoms with E-state index in [4.69, 9.17) is 11.6 Å². The topological polar surface area (TPSA) is 49.4 Å². The Morgan fingerprint density at radius 1 is 1.56 bits per heavy atom. The molecule has 1 unspecified atom stereocenters. The summed E-state index contributed by atoms with van der Waals surface area (Å²) in [5, 5.41) is 3.27. The molecule has 0 spiro atoms. The van der Waals surface area contributed by atoms with Gasteiger partial charge in [0, 0.05) is 23.8 Å². The van der Waals surface area contributed by atoms with Crippen molar-refractivity contribution >= 4 is 29.1 Å². The average Bonchev–Trinajstić information content (AvgIpc) is 2.71. The summed E-state index contributed by atoms with van der Waals surface area (Å²) in [4.78, 5) is 25.5. The number of benzene rings is 1. The summed E-state index contributed by atoms with van der Waals surface area (Å²) in [6.07, 6.45) is 0.553. The van der Waals surface area contributed by atoms with Crippen LogP contribution in [-0.2, 0) is 9.59 Å². The number of amides is 2. The first-order valence-electron chi connectivity index (χ1n) is 5.98. The average molecular weight is 267 g/mol. The Morgan fingerprint density at radius 2 is 2.33 bits per heavy atom. The van der Waals surface area contributed by atoms with Crippen molar-refractivity contribution in [3.8, 4) is 0 Å². The van der Waals surface area contributed by atoms with E-state index in [0.29, 0.717) is 24.5 Å². The van der Waals surface area contributed by atoms with Gasteiger partial charge in [0.2, 0.25) is 11.8 Å². The van der Waals surface area contributed by atoms with Crippen molar-refractivity contribution in [3.05, 3.63) is 29.3 Å². The van der Waals surface area contributed by atoms with Crippen LogP contribution >= 0.6 is 11.6 Å². The van der Waals surface area contributed by atoms with Crippen LogP contribution in [0.25, 0.3) is 0 Å². The van der Waals surface area contributed by atoms with Crippen LogP contribution in [0.15, 0.2) is 24.3 Å². The van der Waals surface area contributed by atoms with Gasteiger partial charge in [0.05, 0.1) is 0 Å².